The van der Waals surface area contributed by atoms with Crippen LogP contribution in [0.2, 0.25) is 0 Å². The van der Waals surface area contributed by atoms with Crippen molar-refractivity contribution < 1.29 is 0 Å². The van der Waals surface area contributed by atoms with Crippen LogP contribution in [0.4, 0.5) is 0 Å². The first-order valence-electron chi connectivity index (χ1n) is 7.27. The molecule has 0 radical (unpaired) electrons. The van der Waals surface area contributed by atoms with Crippen molar-refractivity contribution in [2.75, 3.05) is 0 Å². The minimum absolute atomic E-state index is 0.987. The Bertz CT molecular complexity index is 945. The van der Waals surface area contributed by atoms with Crippen LogP contribution in [0.15, 0.2) is 61.2 Å². The van der Waals surface area contributed by atoms with Crippen LogP contribution in [0, 0.1) is 13.8 Å². The van der Waals surface area contributed by atoms with E-state index in [9.17, 15) is 0 Å². The summed E-state index contributed by atoms with van der Waals surface area (Å²) in [6, 6.07) is 12.7. The van der Waals surface area contributed by atoms with Crippen LogP contribution < -0.4 is 0 Å². The van der Waals surface area contributed by atoms with Crippen LogP contribution in [-0.2, 0) is 0 Å². The zero-order valence-corrected chi connectivity index (χ0v) is 12.6. The van der Waals surface area contributed by atoms with Crippen LogP contribution in [0.1, 0.15) is 11.6 Å². The van der Waals surface area contributed by atoms with Crippen molar-refractivity contribution in [3.8, 4) is 16.8 Å². The summed E-state index contributed by atoms with van der Waals surface area (Å²) in [5.41, 5.74) is 4.63. The lowest BCUT2D eigenvalue weighted by Gasteiger charge is -2.08. The van der Waals surface area contributed by atoms with Crippen molar-refractivity contribution in [3.63, 3.8) is 0 Å². The molecule has 4 aromatic rings. The van der Waals surface area contributed by atoms with E-state index in [2.05, 4.69) is 55.3 Å². The highest BCUT2D eigenvalue weighted by atomic mass is 15.1. The molecule has 4 rings (SSSR count). The number of rotatable bonds is 2. The highest BCUT2D eigenvalue weighted by Crippen LogP contribution is 2.26. The quantitative estimate of drug-likeness (QED) is 0.562. The number of hydrogen-bond donors (Lipinski definition) is 0. The predicted octanol–water partition coefficient (Wildman–Crippen LogP) is 3.80. The molecule has 1 aromatic carbocycles. The number of imidazole rings is 2. The highest BCUT2D eigenvalue weighted by molar-refractivity contribution is 5.80. The Morgan fingerprint density at radius 3 is 2.41 bits per heavy atom. The Kier molecular flexibility index (Phi) is 2.82. The lowest BCUT2D eigenvalue weighted by atomic mass is 10.1. The van der Waals surface area contributed by atoms with Gasteiger partial charge in [-0.15, -0.1) is 0 Å². The van der Waals surface area contributed by atoms with Crippen LogP contribution >= 0.6 is 0 Å². The van der Waals surface area contributed by atoms with Gasteiger partial charge in [-0.05, 0) is 37.6 Å². The third-order valence-electron chi connectivity index (χ3n) is 4.04. The van der Waals surface area contributed by atoms with Crippen LogP contribution in [0.25, 0.3) is 22.3 Å². The third-order valence-corrected chi connectivity index (χ3v) is 4.04. The molecule has 0 unspecified atom stereocenters. The third kappa shape index (κ3) is 1.92. The topological polar surface area (TPSA) is 35.1 Å². The van der Waals surface area contributed by atoms with Crippen molar-refractivity contribution in [1.29, 1.82) is 0 Å². The summed E-state index contributed by atoms with van der Waals surface area (Å²) >= 11 is 0. The molecular formula is C18H16N4. The fourth-order valence-electron chi connectivity index (χ4n) is 2.85. The maximum absolute atomic E-state index is 4.40. The summed E-state index contributed by atoms with van der Waals surface area (Å²) < 4.78 is 4.19. The maximum Gasteiger partial charge on any atom is 0.110 e. The number of hydrogen-bond acceptors (Lipinski definition) is 2. The van der Waals surface area contributed by atoms with E-state index in [4.69, 9.17) is 0 Å². The number of benzene rings is 1. The second kappa shape index (κ2) is 4.84. The largest absolute Gasteiger partial charge is 0.304 e. The first-order chi connectivity index (χ1) is 10.7. The van der Waals surface area contributed by atoms with Gasteiger partial charge in [0, 0.05) is 29.8 Å². The van der Waals surface area contributed by atoms with Crippen LogP contribution in [0.5, 0.6) is 0 Å². The Labute approximate surface area is 128 Å². The standard InChI is InChI=1S/C18H16N4/c1-13-19-9-11-21(13)16-7-5-15(6-8-16)17-4-3-10-22-14(2)20-12-18(17)22/h3-12H,1-2H3. The normalized spacial score (nSPS) is 11.2. The molecule has 22 heavy (non-hydrogen) atoms. The van der Waals surface area contributed by atoms with E-state index in [1.807, 2.05) is 38.6 Å². The highest BCUT2D eigenvalue weighted by Gasteiger charge is 2.07. The summed E-state index contributed by atoms with van der Waals surface area (Å²) in [5.74, 6) is 1.99. The van der Waals surface area contributed by atoms with Crippen molar-refractivity contribution in [1.82, 2.24) is 18.9 Å². The van der Waals surface area contributed by atoms with Gasteiger partial charge in [0.25, 0.3) is 0 Å². The molecule has 0 saturated heterocycles. The fraction of sp³-hybridized carbons (Fsp3) is 0.111. The molecule has 4 nitrogen and oxygen atoms in total. The molecule has 0 N–H and O–H groups in total. The molecule has 0 spiro atoms. The first-order valence-corrected chi connectivity index (χ1v) is 7.27. The van der Waals surface area contributed by atoms with E-state index < -0.39 is 0 Å². The lowest BCUT2D eigenvalue weighted by Crippen LogP contribution is -1.95. The average Bonchev–Trinajstić information content (AvgIpc) is 3.14. The molecule has 0 aliphatic rings. The molecule has 4 heteroatoms. The molecule has 0 amide bonds. The smallest absolute Gasteiger partial charge is 0.110 e. The predicted molar refractivity (Wildman–Crippen MR) is 87.2 cm³/mol. The van der Waals surface area contributed by atoms with Gasteiger partial charge in [0.15, 0.2) is 0 Å². The average molecular weight is 288 g/mol. The van der Waals surface area contributed by atoms with Crippen molar-refractivity contribution in [2.45, 2.75) is 13.8 Å². The minimum Gasteiger partial charge on any atom is -0.304 e. The summed E-state index contributed by atoms with van der Waals surface area (Å²) in [5, 5.41) is 0. The number of nitrogens with zero attached hydrogens (tertiary/aromatic N) is 4. The van der Waals surface area contributed by atoms with Gasteiger partial charge in [0.05, 0.1) is 11.7 Å². The van der Waals surface area contributed by atoms with E-state index >= 15 is 0 Å². The first kappa shape index (κ1) is 12.8. The van der Waals surface area contributed by atoms with Gasteiger partial charge < -0.3 is 8.97 Å². The number of aromatic nitrogens is 4. The minimum atomic E-state index is 0.987. The van der Waals surface area contributed by atoms with Crippen molar-refractivity contribution in [2.24, 2.45) is 0 Å². The monoisotopic (exact) mass is 288 g/mol. The molecule has 0 atom stereocenters. The Balaban J connectivity index is 1.81. The summed E-state index contributed by atoms with van der Waals surface area (Å²) in [6.07, 6.45) is 7.77. The van der Waals surface area contributed by atoms with E-state index in [1.54, 1.807) is 0 Å². The van der Waals surface area contributed by atoms with Gasteiger partial charge >= 0.3 is 0 Å². The Hall–Kier alpha value is -2.88. The number of pyridine rings is 1. The molecule has 0 aliphatic carbocycles. The fourth-order valence-corrected chi connectivity index (χ4v) is 2.85. The number of aryl methyl sites for hydroxylation is 2. The van der Waals surface area contributed by atoms with E-state index in [0.29, 0.717) is 0 Å². The van der Waals surface area contributed by atoms with Crippen LogP contribution in [0.3, 0.4) is 0 Å². The van der Waals surface area contributed by atoms with E-state index in [0.717, 1.165) is 22.9 Å². The molecule has 0 fully saturated rings. The van der Waals surface area contributed by atoms with E-state index in [1.165, 1.54) is 11.1 Å². The van der Waals surface area contributed by atoms with Gasteiger partial charge in [-0.3, -0.25) is 0 Å². The zero-order chi connectivity index (χ0) is 15.1. The zero-order valence-electron chi connectivity index (χ0n) is 12.6. The maximum atomic E-state index is 4.40. The molecule has 108 valence electrons. The van der Waals surface area contributed by atoms with Gasteiger partial charge in [-0.1, -0.05) is 18.2 Å². The lowest BCUT2D eigenvalue weighted by molar-refractivity contribution is 0.975. The van der Waals surface area contributed by atoms with E-state index in [-0.39, 0.29) is 0 Å². The summed E-state index contributed by atoms with van der Waals surface area (Å²) in [4.78, 5) is 8.67. The molecule has 0 aliphatic heterocycles. The van der Waals surface area contributed by atoms with Crippen LogP contribution in [-0.4, -0.2) is 18.9 Å². The Morgan fingerprint density at radius 1 is 0.864 bits per heavy atom. The Morgan fingerprint density at radius 2 is 1.68 bits per heavy atom. The van der Waals surface area contributed by atoms with Gasteiger partial charge in [0.2, 0.25) is 0 Å². The SMILES string of the molecule is Cc1nccn1-c1ccc(-c2cccn3c(C)ncc23)cc1. The second-order valence-electron chi connectivity index (χ2n) is 5.37. The van der Waals surface area contributed by atoms with Crippen molar-refractivity contribution >= 4 is 5.52 Å². The number of fused-ring (bicyclic) bond motifs is 1. The summed E-state index contributed by atoms with van der Waals surface area (Å²) in [6.45, 7) is 4.02. The van der Waals surface area contributed by atoms with Gasteiger partial charge in [-0.2, -0.15) is 0 Å². The van der Waals surface area contributed by atoms with Crippen molar-refractivity contribution in [3.05, 3.63) is 72.8 Å². The molecule has 0 saturated carbocycles. The molecular weight excluding hydrogens is 272 g/mol. The molecule has 3 heterocycles. The molecule has 0 bridgehead atoms. The second-order valence-corrected chi connectivity index (χ2v) is 5.37. The van der Waals surface area contributed by atoms with Gasteiger partial charge in [0.1, 0.15) is 11.6 Å². The van der Waals surface area contributed by atoms with Gasteiger partial charge in [-0.25, -0.2) is 9.97 Å². The molecule has 3 aromatic heterocycles. The summed E-state index contributed by atoms with van der Waals surface area (Å²) in [7, 11) is 0.